The van der Waals surface area contributed by atoms with Gasteiger partial charge in [0.15, 0.2) is 0 Å². The molecule has 2 heterocycles. The van der Waals surface area contributed by atoms with Crippen molar-refractivity contribution >= 4 is 12.0 Å². The number of rotatable bonds is 5. The summed E-state index contributed by atoms with van der Waals surface area (Å²) in [5.41, 5.74) is 3.35. The van der Waals surface area contributed by atoms with E-state index in [1.165, 1.54) is 11.6 Å². The second kappa shape index (κ2) is 6.64. The minimum atomic E-state index is -0.124. The monoisotopic (exact) mass is 301 g/mol. The Morgan fingerprint density at radius 1 is 1.41 bits per heavy atom. The summed E-state index contributed by atoms with van der Waals surface area (Å²) in [4.78, 5) is 11.9. The van der Waals surface area contributed by atoms with E-state index >= 15 is 0 Å². The van der Waals surface area contributed by atoms with E-state index < -0.39 is 0 Å². The number of carbonyl (C=O) groups excluding carboxylic acids is 1. The third kappa shape index (κ3) is 3.87. The van der Waals surface area contributed by atoms with Crippen molar-refractivity contribution in [3.05, 3.63) is 46.7 Å². The Balaban J connectivity index is 1.92. The standard InChI is InChI=1S/C17H23N3O2/c1-11(10-16-13(3)19-20(5)14(16)4)18-17(21)9-8-15-7-6-12(2)22-15/h6-9,11H,10H2,1-5H3,(H,18,21)/b9-8-/t11-/m1/s1. The SMILES string of the molecule is Cc1ccc(/C=C\C(=O)N[C@H](C)Cc2c(C)nn(C)c2C)o1. The second-order valence-corrected chi connectivity index (χ2v) is 5.67. The normalized spacial score (nSPS) is 12.8. The first-order chi connectivity index (χ1) is 10.4. The van der Waals surface area contributed by atoms with Crippen molar-refractivity contribution in [2.75, 3.05) is 0 Å². The largest absolute Gasteiger partial charge is 0.462 e. The third-order valence-corrected chi connectivity index (χ3v) is 3.72. The third-order valence-electron chi connectivity index (χ3n) is 3.72. The zero-order chi connectivity index (χ0) is 16.3. The number of carbonyl (C=O) groups is 1. The summed E-state index contributed by atoms with van der Waals surface area (Å²) in [7, 11) is 1.93. The van der Waals surface area contributed by atoms with E-state index in [0.29, 0.717) is 5.76 Å². The average molecular weight is 301 g/mol. The van der Waals surface area contributed by atoms with Gasteiger partial charge in [-0.2, -0.15) is 5.10 Å². The molecule has 0 radical (unpaired) electrons. The first kappa shape index (κ1) is 16.1. The molecule has 0 fully saturated rings. The molecule has 0 spiro atoms. The van der Waals surface area contributed by atoms with Gasteiger partial charge < -0.3 is 9.73 Å². The molecule has 2 aromatic rings. The minimum Gasteiger partial charge on any atom is -0.462 e. The summed E-state index contributed by atoms with van der Waals surface area (Å²) in [5, 5.41) is 7.36. The van der Waals surface area contributed by atoms with Gasteiger partial charge in [0.25, 0.3) is 0 Å². The van der Waals surface area contributed by atoms with Crippen molar-refractivity contribution in [2.24, 2.45) is 7.05 Å². The number of hydrogen-bond acceptors (Lipinski definition) is 3. The van der Waals surface area contributed by atoms with Crippen LogP contribution in [0.3, 0.4) is 0 Å². The zero-order valence-corrected chi connectivity index (χ0v) is 13.8. The number of hydrogen-bond donors (Lipinski definition) is 1. The fraction of sp³-hybridized carbons (Fsp3) is 0.412. The van der Waals surface area contributed by atoms with Crippen LogP contribution in [0.4, 0.5) is 0 Å². The van der Waals surface area contributed by atoms with Crippen molar-refractivity contribution in [3.8, 4) is 0 Å². The number of aromatic nitrogens is 2. The van der Waals surface area contributed by atoms with Crippen LogP contribution >= 0.6 is 0 Å². The Labute approximate surface area is 131 Å². The predicted molar refractivity (Wildman–Crippen MR) is 86.5 cm³/mol. The molecule has 5 heteroatoms. The maximum atomic E-state index is 11.9. The molecule has 118 valence electrons. The highest BCUT2D eigenvalue weighted by molar-refractivity contribution is 5.91. The zero-order valence-electron chi connectivity index (χ0n) is 13.8. The number of nitrogens with one attached hydrogen (secondary N) is 1. The Bertz CT molecular complexity index is 695. The lowest BCUT2D eigenvalue weighted by molar-refractivity contribution is -0.117. The van der Waals surface area contributed by atoms with Crippen LogP contribution in [0.5, 0.6) is 0 Å². The molecule has 1 atom stereocenters. The van der Waals surface area contributed by atoms with E-state index in [4.69, 9.17) is 4.42 Å². The van der Waals surface area contributed by atoms with Crippen LogP contribution in [0, 0.1) is 20.8 Å². The molecule has 0 unspecified atom stereocenters. The first-order valence-electron chi connectivity index (χ1n) is 7.41. The molecule has 0 aliphatic heterocycles. The van der Waals surface area contributed by atoms with Gasteiger partial charge in [-0.1, -0.05) is 0 Å². The predicted octanol–water partition coefficient (Wildman–Crippen LogP) is 2.70. The van der Waals surface area contributed by atoms with E-state index in [-0.39, 0.29) is 11.9 Å². The molecule has 0 aliphatic carbocycles. The van der Waals surface area contributed by atoms with E-state index in [1.807, 2.05) is 51.6 Å². The number of furan rings is 1. The quantitative estimate of drug-likeness (QED) is 0.864. The molecule has 0 bridgehead atoms. The van der Waals surface area contributed by atoms with Gasteiger partial charge in [0, 0.05) is 24.9 Å². The molecule has 2 aromatic heterocycles. The molecule has 5 nitrogen and oxygen atoms in total. The summed E-state index contributed by atoms with van der Waals surface area (Å²) in [5.74, 6) is 1.39. The fourth-order valence-electron chi connectivity index (χ4n) is 2.46. The summed E-state index contributed by atoms with van der Waals surface area (Å²) >= 11 is 0. The van der Waals surface area contributed by atoms with Gasteiger partial charge in [-0.05, 0) is 57.9 Å². The van der Waals surface area contributed by atoms with Crippen LogP contribution in [0.2, 0.25) is 0 Å². The summed E-state index contributed by atoms with van der Waals surface area (Å²) in [6, 6.07) is 3.75. The molecule has 0 saturated heterocycles. The Morgan fingerprint density at radius 2 is 2.14 bits per heavy atom. The maximum absolute atomic E-state index is 11.9. The lowest BCUT2D eigenvalue weighted by Crippen LogP contribution is -2.33. The van der Waals surface area contributed by atoms with Gasteiger partial charge in [-0.3, -0.25) is 9.48 Å². The topological polar surface area (TPSA) is 60.1 Å². The van der Waals surface area contributed by atoms with Crippen molar-refractivity contribution in [2.45, 2.75) is 40.2 Å². The summed E-state index contributed by atoms with van der Waals surface area (Å²) < 4.78 is 7.26. The van der Waals surface area contributed by atoms with E-state index in [9.17, 15) is 4.79 Å². The molecule has 0 aromatic carbocycles. The lowest BCUT2D eigenvalue weighted by Gasteiger charge is -2.12. The number of nitrogens with zero attached hydrogens (tertiary/aromatic N) is 2. The highest BCUT2D eigenvalue weighted by Crippen LogP contribution is 2.14. The molecular formula is C17H23N3O2. The van der Waals surface area contributed by atoms with Gasteiger partial charge >= 0.3 is 0 Å². The van der Waals surface area contributed by atoms with Gasteiger partial charge in [0.2, 0.25) is 5.91 Å². The van der Waals surface area contributed by atoms with Crippen LogP contribution < -0.4 is 5.32 Å². The average Bonchev–Trinajstić information content (AvgIpc) is 2.96. The van der Waals surface area contributed by atoms with Gasteiger partial charge in [-0.25, -0.2) is 0 Å². The van der Waals surface area contributed by atoms with Crippen molar-refractivity contribution in [1.82, 2.24) is 15.1 Å². The molecular weight excluding hydrogens is 278 g/mol. The van der Waals surface area contributed by atoms with Gasteiger partial charge in [0.05, 0.1) is 5.69 Å². The molecule has 0 aliphatic rings. The Morgan fingerprint density at radius 3 is 2.68 bits per heavy atom. The van der Waals surface area contributed by atoms with Crippen molar-refractivity contribution in [1.29, 1.82) is 0 Å². The first-order valence-corrected chi connectivity index (χ1v) is 7.41. The van der Waals surface area contributed by atoms with Crippen molar-refractivity contribution < 1.29 is 9.21 Å². The highest BCUT2D eigenvalue weighted by atomic mass is 16.3. The van der Waals surface area contributed by atoms with E-state index in [1.54, 1.807) is 6.08 Å². The minimum absolute atomic E-state index is 0.0390. The molecule has 1 N–H and O–H groups in total. The van der Waals surface area contributed by atoms with E-state index in [0.717, 1.165) is 23.6 Å². The van der Waals surface area contributed by atoms with Crippen LogP contribution in [0.15, 0.2) is 22.6 Å². The van der Waals surface area contributed by atoms with Crippen LogP contribution in [-0.2, 0) is 18.3 Å². The highest BCUT2D eigenvalue weighted by Gasteiger charge is 2.13. The summed E-state index contributed by atoms with van der Waals surface area (Å²) in [6.45, 7) is 7.91. The maximum Gasteiger partial charge on any atom is 0.244 e. The number of aryl methyl sites for hydroxylation is 3. The number of amides is 1. The van der Waals surface area contributed by atoms with Crippen molar-refractivity contribution in [3.63, 3.8) is 0 Å². The van der Waals surface area contributed by atoms with Gasteiger partial charge in [-0.15, -0.1) is 0 Å². The molecule has 1 amide bonds. The molecule has 0 saturated carbocycles. The van der Waals surface area contributed by atoms with Gasteiger partial charge in [0.1, 0.15) is 11.5 Å². The van der Waals surface area contributed by atoms with Crippen LogP contribution in [-0.4, -0.2) is 21.7 Å². The smallest absolute Gasteiger partial charge is 0.244 e. The Hall–Kier alpha value is -2.30. The van der Waals surface area contributed by atoms with E-state index in [2.05, 4.69) is 10.4 Å². The molecule has 2 rings (SSSR count). The summed E-state index contributed by atoms with van der Waals surface area (Å²) in [6.07, 6.45) is 3.94. The molecule has 22 heavy (non-hydrogen) atoms. The van der Waals surface area contributed by atoms with Crippen LogP contribution in [0.25, 0.3) is 6.08 Å². The fourth-order valence-corrected chi connectivity index (χ4v) is 2.46. The van der Waals surface area contributed by atoms with Crippen LogP contribution in [0.1, 0.15) is 35.4 Å². The lowest BCUT2D eigenvalue weighted by atomic mass is 10.1. The Kier molecular flexibility index (Phi) is 4.85. The second-order valence-electron chi connectivity index (χ2n) is 5.67.